The van der Waals surface area contributed by atoms with E-state index in [1.54, 1.807) is 0 Å². The lowest BCUT2D eigenvalue weighted by Crippen LogP contribution is -2.40. The summed E-state index contributed by atoms with van der Waals surface area (Å²) in [7, 11) is 2.31. The van der Waals surface area contributed by atoms with Gasteiger partial charge in [0.1, 0.15) is 18.8 Å². The van der Waals surface area contributed by atoms with E-state index in [4.69, 9.17) is 11.6 Å². The van der Waals surface area contributed by atoms with Crippen LogP contribution >= 0.6 is 11.6 Å². The Morgan fingerprint density at radius 2 is 1.67 bits per heavy atom. The van der Waals surface area contributed by atoms with E-state index >= 15 is 0 Å². The summed E-state index contributed by atoms with van der Waals surface area (Å²) in [6, 6.07) is 3.88. The maximum absolute atomic E-state index is 12.3. The summed E-state index contributed by atoms with van der Waals surface area (Å²) in [5.74, 6) is -2.49. The molecule has 0 radical (unpaired) electrons. The molecule has 7 nitrogen and oxygen atoms in total. The lowest BCUT2D eigenvalue weighted by molar-refractivity contribution is -0.144. The van der Waals surface area contributed by atoms with Gasteiger partial charge in [0.2, 0.25) is 0 Å². The highest BCUT2D eigenvalue weighted by atomic mass is 35.5. The molecule has 0 aliphatic heterocycles. The van der Waals surface area contributed by atoms with Gasteiger partial charge in [0.05, 0.1) is 19.8 Å². The summed E-state index contributed by atoms with van der Waals surface area (Å²) in [6.07, 6.45) is 0. The fourth-order valence-corrected chi connectivity index (χ4v) is 1.66. The van der Waals surface area contributed by atoms with Crippen LogP contribution < -0.4 is 0 Å². The highest BCUT2D eigenvalue weighted by Gasteiger charge is 2.24. The molecule has 0 spiro atoms. The first-order valence-corrected chi connectivity index (χ1v) is 6.18. The lowest BCUT2D eigenvalue weighted by Gasteiger charge is -2.20. The van der Waals surface area contributed by atoms with E-state index in [0.717, 1.165) is 19.1 Å². The standard InChI is InChI=1S/C13H14ClNO6/c1-20-11(17)6-15(7-12(18)21-2)13(19)9-5-8(14)3-4-10(9)16/h3-5,16H,6-7H2,1-2H3. The number of benzene rings is 1. The Morgan fingerprint density at radius 1 is 1.14 bits per heavy atom. The molecule has 0 unspecified atom stereocenters. The number of halogens is 1. The molecule has 0 aliphatic rings. The van der Waals surface area contributed by atoms with E-state index in [1.165, 1.54) is 18.2 Å². The van der Waals surface area contributed by atoms with Crippen LogP contribution in [0.5, 0.6) is 5.75 Å². The van der Waals surface area contributed by atoms with Crippen molar-refractivity contribution >= 4 is 29.4 Å². The molecule has 0 saturated carbocycles. The van der Waals surface area contributed by atoms with Gasteiger partial charge in [0.25, 0.3) is 5.91 Å². The summed E-state index contributed by atoms with van der Waals surface area (Å²) in [4.78, 5) is 35.9. The smallest absolute Gasteiger partial charge is 0.325 e. The second-order valence-electron chi connectivity index (χ2n) is 3.97. The number of rotatable bonds is 5. The summed E-state index contributed by atoms with van der Waals surface area (Å²) < 4.78 is 8.92. The van der Waals surface area contributed by atoms with E-state index in [0.29, 0.717) is 0 Å². The zero-order chi connectivity index (χ0) is 16.0. The van der Waals surface area contributed by atoms with Crippen LogP contribution in [0.3, 0.4) is 0 Å². The number of methoxy groups -OCH3 is 2. The van der Waals surface area contributed by atoms with Crippen molar-refractivity contribution in [2.45, 2.75) is 0 Å². The molecule has 0 aromatic heterocycles. The number of ether oxygens (including phenoxy) is 2. The number of amides is 1. The topological polar surface area (TPSA) is 93.1 Å². The second-order valence-corrected chi connectivity index (χ2v) is 4.41. The molecule has 1 aromatic carbocycles. The molecular weight excluding hydrogens is 302 g/mol. The average Bonchev–Trinajstić information content (AvgIpc) is 2.47. The number of phenolic OH excluding ortho intramolecular Hbond substituents is 1. The molecule has 1 rings (SSSR count). The Labute approximate surface area is 126 Å². The zero-order valence-electron chi connectivity index (χ0n) is 11.5. The molecule has 8 heteroatoms. The fraction of sp³-hybridized carbons (Fsp3) is 0.308. The Morgan fingerprint density at radius 3 is 2.14 bits per heavy atom. The molecule has 0 saturated heterocycles. The van der Waals surface area contributed by atoms with Gasteiger partial charge in [-0.15, -0.1) is 0 Å². The van der Waals surface area contributed by atoms with Gasteiger partial charge >= 0.3 is 11.9 Å². The van der Waals surface area contributed by atoms with Crippen LogP contribution in [-0.4, -0.2) is 55.2 Å². The zero-order valence-corrected chi connectivity index (χ0v) is 12.2. The third-order valence-electron chi connectivity index (χ3n) is 2.57. The molecule has 1 aromatic rings. The normalized spacial score (nSPS) is 9.86. The van der Waals surface area contributed by atoms with Gasteiger partial charge in [-0.2, -0.15) is 0 Å². The van der Waals surface area contributed by atoms with Crippen molar-refractivity contribution in [2.24, 2.45) is 0 Å². The van der Waals surface area contributed by atoms with Gasteiger partial charge in [-0.25, -0.2) is 0 Å². The molecule has 0 fully saturated rings. The Bertz CT molecular complexity index is 542. The van der Waals surface area contributed by atoms with Crippen molar-refractivity contribution in [3.8, 4) is 5.75 Å². The van der Waals surface area contributed by atoms with Crippen molar-refractivity contribution in [1.82, 2.24) is 4.90 Å². The lowest BCUT2D eigenvalue weighted by atomic mass is 10.1. The van der Waals surface area contributed by atoms with Crippen LogP contribution in [0.2, 0.25) is 5.02 Å². The maximum atomic E-state index is 12.3. The summed E-state index contributed by atoms with van der Waals surface area (Å²) in [5, 5.41) is 9.93. The van der Waals surface area contributed by atoms with Crippen LogP contribution in [0.15, 0.2) is 18.2 Å². The van der Waals surface area contributed by atoms with E-state index in [9.17, 15) is 19.5 Å². The summed E-state index contributed by atoms with van der Waals surface area (Å²) >= 11 is 5.77. The average molecular weight is 316 g/mol. The first-order chi connectivity index (χ1) is 9.88. The van der Waals surface area contributed by atoms with E-state index in [-0.39, 0.29) is 16.3 Å². The Hall–Kier alpha value is -2.28. The Kier molecular flexibility index (Phi) is 5.98. The van der Waals surface area contributed by atoms with E-state index in [1.807, 2.05) is 0 Å². The van der Waals surface area contributed by atoms with Gasteiger partial charge in [-0.05, 0) is 18.2 Å². The third-order valence-corrected chi connectivity index (χ3v) is 2.81. The van der Waals surface area contributed by atoms with Gasteiger partial charge in [0, 0.05) is 5.02 Å². The Balaban J connectivity index is 3.05. The number of aromatic hydroxyl groups is 1. The van der Waals surface area contributed by atoms with Crippen LogP contribution in [-0.2, 0) is 19.1 Å². The number of hydrogen-bond donors (Lipinski definition) is 1. The molecule has 21 heavy (non-hydrogen) atoms. The van der Waals surface area contributed by atoms with Crippen molar-refractivity contribution in [3.05, 3.63) is 28.8 Å². The van der Waals surface area contributed by atoms with Gasteiger partial charge in [0.15, 0.2) is 0 Å². The van der Waals surface area contributed by atoms with Crippen LogP contribution in [0.4, 0.5) is 0 Å². The fourth-order valence-electron chi connectivity index (χ4n) is 1.49. The number of esters is 2. The highest BCUT2D eigenvalue weighted by molar-refractivity contribution is 6.31. The van der Waals surface area contributed by atoms with Crippen molar-refractivity contribution < 1.29 is 29.0 Å². The maximum Gasteiger partial charge on any atom is 0.325 e. The first kappa shape index (κ1) is 16.8. The minimum Gasteiger partial charge on any atom is -0.507 e. The van der Waals surface area contributed by atoms with Crippen molar-refractivity contribution in [3.63, 3.8) is 0 Å². The monoisotopic (exact) mass is 315 g/mol. The third kappa shape index (κ3) is 4.64. The number of hydrogen-bond acceptors (Lipinski definition) is 6. The predicted octanol–water partition coefficient (Wildman–Crippen LogP) is 0.834. The largest absolute Gasteiger partial charge is 0.507 e. The molecule has 0 atom stereocenters. The van der Waals surface area contributed by atoms with Crippen LogP contribution in [0, 0.1) is 0 Å². The molecule has 1 amide bonds. The minimum atomic E-state index is -0.745. The first-order valence-electron chi connectivity index (χ1n) is 5.80. The van der Waals surface area contributed by atoms with Crippen molar-refractivity contribution in [2.75, 3.05) is 27.3 Å². The van der Waals surface area contributed by atoms with Gasteiger partial charge < -0.3 is 19.5 Å². The van der Waals surface area contributed by atoms with Gasteiger partial charge in [-0.1, -0.05) is 11.6 Å². The molecule has 0 bridgehead atoms. The molecule has 0 aliphatic carbocycles. The number of carbonyl (C=O) groups excluding carboxylic acids is 3. The van der Waals surface area contributed by atoms with E-state index < -0.39 is 30.9 Å². The SMILES string of the molecule is COC(=O)CN(CC(=O)OC)C(=O)c1cc(Cl)ccc1O. The van der Waals surface area contributed by atoms with Gasteiger partial charge in [-0.3, -0.25) is 14.4 Å². The molecule has 1 N–H and O–H groups in total. The number of nitrogens with zero attached hydrogens (tertiary/aromatic N) is 1. The molecule has 114 valence electrons. The summed E-state index contributed by atoms with van der Waals surface area (Å²) in [5.41, 5.74) is -0.129. The van der Waals surface area contributed by atoms with Crippen LogP contribution in [0.25, 0.3) is 0 Å². The second kappa shape index (κ2) is 7.49. The summed E-state index contributed by atoms with van der Waals surface area (Å²) in [6.45, 7) is -0.924. The van der Waals surface area contributed by atoms with Crippen LogP contribution in [0.1, 0.15) is 10.4 Å². The predicted molar refractivity (Wildman–Crippen MR) is 73.1 cm³/mol. The highest BCUT2D eigenvalue weighted by Crippen LogP contribution is 2.23. The van der Waals surface area contributed by atoms with E-state index in [2.05, 4.69) is 9.47 Å². The molecule has 0 heterocycles. The minimum absolute atomic E-state index is 0.129. The molecular formula is C13H14ClNO6. The van der Waals surface area contributed by atoms with Crippen molar-refractivity contribution in [1.29, 1.82) is 0 Å². The number of phenols is 1. The number of carbonyl (C=O) groups is 3. The quantitative estimate of drug-likeness (QED) is 0.809.